The van der Waals surface area contributed by atoms with Gasteiger partial charge in [-0.15, -0.1) is 0 Å². The van der Waals surface area contributed by atoms with Crippen LogP contribution in [0.15, 0.2) is 23.4 Å². The fourth-order valence-corrected chi connectivity index (χ4v) is 3.83. The molecule has 0 aromatic carbocycles. The van der Waals surface area contributed by atoms with Crippen molar-refractivity contribution in [3.05, 3.63) is 18.3 Å². The Hall–Kier alpha value is -1.14. The maximum Gasteiger partial charge on any atom is 0.260 e. The molecule has 0 bridgehead atoms. The Bertz CT molecular complexity index is 530. The van der Waals surface area contributed by atoms with Gasteiger partial charge in [-0.05, 0) is 36.8 Å². The van der Waals surface area contributed by atoms with Gasteiger partial charge in [0.2, 0.25) is 0 Å². The van der Waals surface area contributed by atoms with E-state index in [2.05, 4.69) is 23.6 Å². The minimum absolute atomic E-state index is 0.0218. The summed E-state index contributed by atoms with van der Waals surface area (Å²) >= 11 is 0. The molecule has 1 saturated carbocycles. The Kier molecular flexibility index (Phi) is 3.59. The van der Waals surface area contributed by atoms with E-state index in [1.165, 1.54) is 6.20 Å². The molecule has 1 aliphatic rings. The second-order valence-electron chi connectivity index (χ2n) is 5.04. The first-order valence-electron chi connectivity index (χ1n) is 6.14. The number of nitrogens with two attached hydrogens (primary N) is 1. The highest BCUT2D eigenvalue weighted by Gasteiger charge is 2.33. The molecule has 0 spiro atoms. The standard InChI is InChI=1S/C12H19N3O2S/c1-8-5-6-11(9(8)2)15-18(16,17)12-10(13)4-3-7-14-12/h3-4,7-9,11,15H,5-6,13H2,1-2H3. The molecule has 3 unspecified atom stereocenters. The number of rotatable bonds is 3. The summed E-state index contributed by atoms with van der Waals surface area (Å²) < 4.78 is 27.1. The fourth-order valence-electron chi connectivity index (χ4n) is 2.41. The number of nitrogens with zero attached hydrogens (tertiary/aromatic N) is 1. The van der Waals surface area contributed by atoms with E-state index in [4.69, 9.17) is 5.73 Å². The van der Waals surface area contributed by atoms with Crippen LogP contribution in [0.3, 0.4) is 0 Å². The quantitative estimate of drug-likeness (QED) is 0.868. The van der Waals surface area contributed by atoms with Gasteiger partial charge in [0.15, 0.2) is 5.03 Å². The average molecular weight is 269 g/mol. The molecule has 0 radical (unpaired) electrons. The van der Waals surface area contributed by atoms with Crippen molar-refractivity contribution in [2.75, 3.05) is 5.73 Å². The number of nitrogens with one attached hydrogen (secondary N) is 1. The summed E-state index contributed by atoms with van der Waals surface area (Å²) in [6.07, 6.45) is 3.35. The van der Waals surface area contributed by atoms with Gasteiger partial charge in [0.25, 0.3) is 10.0 Å². The van der Waals surface area contributed by atoms with Crippen molar-refractivity contribution in [2.24, 2.45) is 11.8 Å². The second kappa shape index (κ2) is 4.85. The Balaban J connectivity index is 2.21. The Morgan fingerprint density at radius 3 is 2.67 bits per heavy atom. The van der Waals surface area contributed by atoms with E-state index in [1.807, 2.05) is 0 Å². The first-order chi connectivity index (χ1) is 8.42. The molecular weight excluding hydrogens is 250 g/mol. The van der Waals surface area contributed by atoms with Gasteiger partial charge in [0.05, 0.1) is 5.69 Å². The van der Waals surface area contributed by atoms with E-state index in [1.54, 1.807) is 12.1 Å². The zero-order valence-electron chi connectivity index (χ0n) is 10.6. The highest BCUT2D eigenvalue weighted by Crippen LogP contribution is 2.32. The summed E-state index contributed by atoms with van der Waals surface area (Å²) in [5.41, 5.74) is 5.85. The number of hydrogen-bond donors (Lipinski definition) is 2. The molecule has 1 fully saturated rings. The van der Waals surface area contributed by atoms with E-state index >= 15 is 0 Å². The summed E-state index contributed by atoms with van der Waals surface area (Å²) in [5.74, 6) is 0.878. The van der Waals surface area contributed by atoms with Gasteiger partial charge in [0, 0.05) is 12.2 Å². The molecule has 1 heterocycles. The van der Waals surface area contributed by atoms with Crippen molar-refractivity contribution in [1.82, 2.24) is 9.71 Å². The fraction of sp³-hybridized carbons (Fsp3) is 0.583. The van der Waals surface area contributed by atoms with Crippen LogP contribution < -0.4 is 10.5 Å². The second-order valence-corrected chi connectivity index (χ2v) is 6.67. The monoisotopic (exact) mass is 269 g/mol. The van der Waals surface area contributed by atoms with Gasteiger partial charge >= 0.3 is 0 Å². The molecule has 1 aliphatic carbocycles. The van der Waals surface area contributed by atoms with Gasteiger partial charge in [0.1, 0.15) is 0 Å². The third-order valence-electron chi connectivity index (χ3n) is 3.83. The maximum atomic E-state index is 12.2. The van der Waals surface area contributed by atoms with E-state index in [9.17, 15) is 8.42 Å². The molecular formula is C12H19N3O2S. The SMILES string of the molecule is CC1CCC(NS(=O)(=O)c2ncccc2N)C1C. The lowest BCUT2D eigenvalue weighted by atomic mass is 9.98. The third-order valence-corrected chi connectivity index (χ3v) is 5.29. The number of pyridine rings is 1. The first-order valence-corrected chi connectivity index (χ1v) is 7.63. The molecule has 5 nitrogen and oxygen atoms in total. The topological polar surface area (TPSA) is 85.1 Å². The molecule has 3 N–H and O–H groups in total. The first kappa shape index (κ1) is 13.3. The molecule has 3 atom stereocenters. The molecule has 1 aromatic rings. The lowest BCUT2D eigenvalue weighted by Crippen LogP contribution is -2.37. The van der Waals surface area contributed by atoms with Crippen LogP contribution in [0.25, 0.3) is 0 Å². The van der Waals surface area contributed by atoms with Crippen LogP contribution in [0.1, 0.15) is 26.7 Å². The molecule has 1 aromatic heterocycles. The van der Waals surface area contributed by atoms with Gasteiger partial charge in [-0.2, -0.15) is 0 Å². The van der Waals surface area contributed by atoms with Crippen LogP contribution in [-0.2, 0) is 10.0 Å². The van der Waals surface area contributed by atoms with E-state index in [0.717, 1.165) is 12.8 Å². The van der Waals surface area contributed by atoms with Crippen LogP contribution in [0, 0.1) is 11.8 Å². The molecule has 6 heteroatoms. The normalized spacial score (nSPS) is 28.4. The van der Waals surface area contributed by atoms with Crippen molar-refractivity contribution in [2.45, 2.75) is 37.8 Å². The number of hydrogen-bond acceptors (Lipinski definition) is 4. The summed E-state index contributed by atoms with van der Waals surface area (Å²) in [6, 6.07) is 3.14. The van der Waals surface area contributed by atoms with Crippen LogP contribution in [0.2, 0.25) is 0 Å². The number of nitrogen functional groups attached to an aromatic ring is 1. The molecule has 100 valence electrons. The number of aromatic nitrogens is 1. The van der Waals surface area contributed by atoms with Gasteiger partial charge in [-0.3, -0.25) is 0 Å². The minimum Gasteiger partial charge on any atom is -0.396 e. The molecule has 2 rings (SSSR count). The van der Waals surface area contributed by atoms with Gasteiger partial charge in [-0.25, -0.2) is 18.1 Å². The third kappa shape index (κ3) is 2.49. The van der Waals surface area contributed by atoms with Crippen LogP contribution in [0.4, 0.5) is 5.69 Å². The Morgan fingerprint density at radius 2 is 2.11 bits per heavy atom. The van der Waals surface area contributed by atoms with Crippen molar-refractivity contribution >= 4 is 15.7 Å². The maximum absolute atomic E-state index is 12.2. The lowest BCUT2D eigenvalue weighted by Gasteiger charge is -2.19. The van der Waals surface area contributed by atoms with Gasteiger partial charge < -0.3 is 5.73 Å². The Morgan fingerprint density at radius 1 is 1.39 bits per heavy atom. The highest BCUT2D eigenvalue weighted by atomic mass is 32.2. The Labute approximate surface area is 108 Å². The van der Waals surface area contributed by atoms with E-state index < -0.39 is 10.0 Å². The van der Waals surface area contributed by atoms with Gasteiger partial charge in [-0.1, -0.05) is 13.8 Å². The van der Waals surface area contributed by atoms with E-state index in [-0.39, 0.29) is 16.8 Å². The van der Waals surface area contributed by atoms with Crippen LogP contribution in [0.5, 0.6) is 0 Å². The van der Waals surface area contributed by atoms with Crippen molar-refractivity contribution in [1.29, 1.82) is 0 Å². The number of anilines is 1. The van der Waals surface area contributed by atoms with E-state index in [0.29, 0.717) is 11.8 Å². The van der Waals surface area contributed by atoms with Crippen molar-refractivity contribution in [3.63, 3.8) is 0 Å². The molecule has 0 aliphatic heterocycles. The molecule has 18 heavy (non-hydrogen) atoms. The van der Waals surface area contributed by atoms with Crippen molar-refractivity contribution < 1.29 is 8.42 Å². The minimum atomic E-state index is -3.62. The zero-order chi connectivity index (χ0) is 13.3. The molecule has 0 amide bonds. The zero-order valence-corrected chi connectivity index (χ0v) is 11.4. The van der Waals surface area contributed by atoms with Crippen molar-refractivity contribution in [3.8, 4) is 0 Å². The van der Waals surface area contributed by atoms with Crippen LogP contribution >= 0.6 is 0 Å². The largest absolute Gasteiger partial charge is 0.396 e. The predicted octanol–water partition coefficient (Wildman–Crippen LogP) is 1.38. The summed E-state index contributed by atoms with van der Waals surface area (Å²) in [5, 5.41) is -0.0725. The number of sulfonamides is 1. The van der Waals surface area contributed by atoms with Crippen LogP contribution in [-0.4, -0.2) is 19.4 Å². The summed E-state index contributed by atoms with van der Waals surface area (Å²) in [4.78, 5) is 3.86. The smallest absolute Gasteiger partial charge is 0.260 e. The summed E-state index contributed by atoms with van der Waals surface area (Å²) in [6.45, 7) is 4.22. The molecule has 0 saturated heterocycles. The predicted molar refractivity (Wildman–Crippen MR) is 70.3 cm³/mol. The average Bonchev–Trinajstić information content (AvgIpc) is 2.61. The highest BCUT2D eigenvalue weighted by molar-refractivity contribution is 7.89. The summed E-state index contributed by atoms with van der Waals surface area (Å²) in [7, 11) is -3.62. The lowest BCUT2D eigenvalue weighted by molar-refractivity contribution is 0.402.